The van der Waals surface area contributed by atoms with Crippen molar-refractivity contribution in [2.24, 2.45) is 4.99 Å². The van der Waals surface area contributed by atoms with Gasteiger partial charge in [0.2, 0.25) is 11.8 Å². The van der Waals surface area contributed by atoms with Gasteiger partial charge in [-0.05, 0) is 55.8 Å². The fourth-order valence-electron chi connectivity index (χ4n) is 3.88. The molecular formula is C28H33N3O6S. The number of esters is 1. The predicted octanol–water partition coefficient (Wildman–Crippen LogP) is 5.49. The summed E-state index contributed by atoms with van der Waals surface area (Å²) >= 11 is 1.20. The van der Waals surface area contributed by atoms with Gasteiger partial charge in [0.05, 0.1) is 23.4 Å². The predicted molar refractivity (Wildman–Crippen MR) is 148 cm³/mol. The molecule has 0 bridgehead atoms. The molecule has 1 atom stereocenters. The number of benzene rings is 2. The van der Waals surface area contributed by atoms with Gasteiger partial charge in [0.1, 0.15) is 5.25 Å². The molecule has 1 saturated heterocycles. The Morgan fingerprint density at radius 2 is 1.79 bits per heavy atom. The van der Waals surface area contributed by atoms with Crippen LogP contribution in [0.15, 0.2) is 53.5 Å². The number of carboxylic acids is 1. The Kier molecular flexibility index (Phi) is 10.9. The summed E-state index contributed by atoms with van der Waals surface area (Å²) in [5.41, 5.74) is 1.34. The minimum atomic E-state index is -1.10. The van der Waals surface area contributed by atoms with E-state index in [4.69, 9.17) is 4.74 Å². The first-order chi connectivity index (χ1) is 18.3. The first-order valence-electron chi connectivity index (χ1n) is 12.8. The third kappa shape index (κ3) is 8.17. The third-order valence-electron chi connectivity index (χ3n) is 5.90. The molecule has 9 nitrogen and oxygen atoms in total. The van der Waals surface area contributed by atoms with Crippen molar-refractivity contribution in [3.8, 4) is 0 Å². The highest BCUT2D eigenvalue weighted by Crippen LogP contribution is 2.30. The fourth-order valence-corrected chi connectivity index (χ4v) is 5.01. The lowest BCUT2D eigenvalue weighted by molar-refractivity contribution is -0.129. The van der Waals surface area contributed by atoms with Crippen LogP contribution in [0, 0.1) is 0 Å². The van der Waals surface area contributed by atoms with E-state index in [1.54, 1.807) is 48.2 Å². The Hall–Kier alpha value is -3.66. The number of anilines is 1. The molecule has 1 fully saturated rings. The Morgan fingerprint density at radius 3 is 2.47 bits per heavy atom. The number of aliphatic imine (C=N–C) groups is 1. The van der Waals surface area contributed by atoms with Crippen LogP contribution in [0.3, 0.4) is 0 Å². The van der Waals surface area contributed by atoms with Crippen LogP contribution in [0.1, 0.15) is 73.1 Å². The number of hydrogen-bond donors (Lipinski definition) is 2. The minimum absolute atomic E-state index is 0.00486. The van der Waals surface area contributed by atoms with Gasteiger partial charge >= 0.3 is 11.9 Å². The summed E-state index contributed by atoms with van der Waals surface area (Å²) in [6.45, 7) is 4.66. The van der Waals surface area contributed by atoms with Crippen LogP contribution < -0.4 is 5.32 Å². The number of nitrogens with one attached hydrogen (secondary N) is 1. The van der Waals surface area contributed by atoms with Crippen LogP contribution in [0.4, 0.5) is 11.4 Å². The molecule has 1 aliphatic heterocycles. The molecule has 1 aliphatic rings. The van der Waals surface area contributed by atoms with Crippen molar-refractivity contribution in [1.82, 2.24) is 4.90 Å². The molecule has 202 valence electrons. The monoisotopic (exact) mass is 539 g/mol. The van der Waals surface area contributed by atoms with Gasteiger partial charge in [0, 0.05) is 18.7 Å². The van der Waals surface area contributed by atoms with Crippen molar-refractivity contribution in [2.75, 3.05) is 18.5 Å². The van der Waals surface area contributed by atoms with E-state index in [0.29, 0.717) is 28.7 Å². The van der Waals surface area contributed by atoms with Gasteiger partial charge in [-0.3, -0.25) is 14.5 Å². The second-order valence-corrected chi connectivity index (χ2v) is 9.98. The number of carbonyl (C=O) groups excluding carboxylic acids is 3. The van der Waals surface area contributed by atoms with Crippen LogP contribution in [0.25, 0.3) is 0 Å². The van der Waals surface area contributed by atoms with Gasteiger partial charge < -0.3 is 15.2 Å². The summed E-state index contributed by atoms with van der Waals surface area (Å²) in [5, 5.41) is 11.6. The first kappa shape index (κ1) is 28.9. The van der Waals surface area contributed by atoms with Crippen molar-refractivity contribution in [2.45, 2.75) is 57.6 Å². The van der Waals surface area contributed by atoms with Crippen molar-refractivity contribution in [1.29, 1.82) is 0 Å². The number of carbonyl (C=O) groups is 4. The van der Waals surface area contributed by atoms with Crippen LogP contribution >= 0.6 is 11.8 Å². The van der Waals surface area contributed by atoms with E-state index in [0.717, 1.165) is 32.1 Å². The van der Waals surface area contributed by atoms with Gasteiger partial charge in [-0.1, -0.05) is 50.4 Å². The topological polar surface area (TPSA) is 125 Å². The van der Waals surface area contributed by atoms with E-state index >= 15 is 0 Å². The molecule has 38 heavy (non-hydrogen) atoms. The van der Waals surface area contributed by atoms with Gasteiger partial charge in [0.25, 0.3) is 0 Å². The Balaban J connectivity index is 1.79. The second-order valence-electron chi connectivity index (χ2n) is 8.81. The average Bonchev–Trinajstić information content (AvgIpc) is 2.90. The zero-order valence-electron chi connectivity index (χ0n) is 21.6. The highest BCUT2D eigenvalue weighted by molar-refractivity contribution is 8.15. The van der Waals surface area contributed by atoms with Crippen LogP contribution in [-0.2, 0) is 14.3 Å². The summed E-state index contributed by atoms with van der Waals surface area (Å²) in [6.07, 6.45) is 5.18. The molecule has 0 radical (unpaired) electrons. The maximum atomic E-state index is 13.2. The molecular weight excluding hydrogens is 506 g/mol. The summed E-state index contributed by atoms with van der Waals surface area (Å²) in [5.74, 6) is -2.12. The lowest BCUT2D eigenvalue weighted by Crippen LogP contribution is -2.45. The molecule has 3 rings (SSSR count). The van der Waals surface area contributed by atoms with E-state index in [1.165, 1.54) is 23.9 Å². The maximum Gasteiger partial charge on any atom is 0.338 e. The van der Waals surface area contributed by atoms with Crippen LogP contribution in [0.2, 0.25) is 0 Å². The second kappa shape index (κ2) is 14.3. The lowest BCUT2D eigenvalue weighted by atomic mass is 10.1. The van der Waals surface area contributed by atoms with Gasteiger partial charge in [0.15, 0.2) is 5.17 Å². The molecule has 0 saturated carbocycles. The number of hydrogen-bond acceptors (Lipinski definition) is 7. The first-order valence-corrected chi connectivity index (χ1v) is 13.7. The molecule has 10 heteroatoms. The largest absolute Gasteiger partial charge is 0.478 e. The quantitative estimate of drug-likeness (QED) is 0.270. The lowest BCUT2D eigenvalue weighted by Gasteiger charge is -2.32. The maximum absolute atomic E-state index is 13.2. The number of rotatable bonds is 12. The number of unbranched alkanes of at least 4 members (excludes halogenated alkanes) is 4. The highest BCUT2D eigenvalue weighted by Gasteiger charge is 2.35. The van der Waals surface area contributed by atoms with Crippen molar-refractivity contribution >= 4 is 52.1 Å². The third-order valence-corrected chi connectivity index (χ3v) is 7.09. The summed E-state index contributed by atoms with van der Waals surface area (Å²) in [7, 11) is 0. The summed E-state index contributed by atoms with van der Waals surface area (Å²) in [6, 6.07) is 12.5. The highest BCUT2D eigenvalue weighted by atomic mass is 32.2. The van der Waals surface area contributed by atoms with Gasteiger partial charge in [-0.2, -0.15) is 0 Å². The number of amidine groups is 1. The number of amides is 2. The number of carboxylic acid groups (broad SMARTS) is 1. The zero-order valence-corrected chi connectivity index (χ0v) is 22.5. The van der Waals surface area contributed by atoms with E-state index in [2.05, 4.69) is 17.2 Å². The summed E-state index contributed by atoms with van der Waals surface area (Å²) in [4.78, 5) is 55.7. The van der Waals surface area contributed by atoms with Crippen LogP contribution in [0.5, 0.6) is 0 Å². The standard InChI is InChI=1S/C28H33N3O6S/c1-3-5-6-7-8-16-31-24(32)18-23(25(33)29-22-11-9-10-20(17-22)26(34)35)38-28(31)30-21-14-12-19(13-15-21)27(36)37-4-2/h9-15,17,23H,3-8,16,18H2,1-2H3,(H,29,33)(H,34,35). The molecule has 0 aliphatic carbocycles. The van der Waals surface area contributed by atoms with Gasteiger partial charge in [-0.25, -0.2) is 14.6 Å². The molecule has 2 aromatic rings. The fraction of sp³-hybridized carbons (Fsp3) is 0.393. The van der Waals surface area contributed by atoms with E-state index in [-0.39, 0.29) is 24.5 Å². The average molecular weight is 540 g/mol. The molecule has 0 aromatic heterocycles. The van der Waals surface area contributed by atoms with Gasteiger partial charge in [-0.15, -0.1) is 0 Å². The molecule has 2 amide bonds. The molecule has 1 unspecified atom stereocenters. The molecule has 2 aromatic carbocycles. The number of nitrogens with zero attached hydrogens (tertiary/aromatic N) is 2. The van der Waals surface area contributed by atoms with E-state index < -0.39 is 23.1 Å². The van der Waals surface area contributed by atoms with Crippen molar-refractivity contribution < 1.29 is 29.0 Å². The molecule has 0 spiro atoms. The number of aromatic carboxylic acids is 1. The Bertz CT molecular complexity index is 1180. The number of thioether (sulfide) groups is 1. The Morgan fingerprint density at radius 1 is 1.05 bits per heavy atom. The number of ether oxygens (including phenoxy) is 1. The minimum Gasteiger partial charge on any atom is -0.478 e. The summed E-state index contributed by atoms with van der Waals surface area (Å²) < 4.78 is 5.02. The van der Waals surface area contributed by atoms with Crippen molar-refractivity contribution in [3.05, 3.63) is 59.7 Å². The van der Waals surface area contributed by atoms with E-state index in [1.807, 2.05) is 0 Å². The van der Waals surface area contributed by atoms with E-state index in [9.17, 15) is 24.3 Å². The zero-order chi connectivity index (χ0) is 27.5. The Labute approximate surface area is 226 Å². The SMILES string of the molecule is CCCCCCCN1C(=O)CC(C(=O)Nc2cccc(C(=O)O)c2)SC1=Nc1ccc(C(=O)OCC)cc1. The normalized spacial score (nSPS) is 16.4. The molecule has 1 heterocycles. The molecule has 2 N–H and O–H groups in total. The van der Waals surface area contributed by atoms with Crippen LogP contribution in [-0.4, -0.2) is 57.3 Å². The smallest absolute Gasteiger partial charge is 0.338 e. The van der Waals surface area contributed by atoms with Crippen molar-refractivity contribution in [3.63, 3.8) is 0 Å².